The molecule has 0 atom stereocenters. The molecule has 7 heteroatoms. The Morgan fingerprint density at radius 1 is 1.19 bits per heavy atom. The van der Waals surface area contributed by atoms with Gasteiger partial charge in [-0.3, -0.25) is 0 Å². The van der Waals surface area contributed by atoms with Crippen molar-refractivity contribution in [2.24, 2.45) is 0 Å². The Hall–Kier alpha value is -0.790. The van der Waals surface area contributed by atoms with Crippen LogP contribution in [0.3, 0.4) is 0 Å². The summed E-state index contributed by atoms with van der Waals surface area (Å²) in [5.74, 6) is -0.747. The first-order valence-electron chi connectivity index (χ1n) is 6.79. The zero-order chi connectivity index (χ0) is 15.1. The Kier molecular flexibility index (Phi) is 3.92. The van der Waals surface area contributed by atoms with Gasteiger partial charge in [0.05, 0.1) is 31.0 Å². The molecule has 2 saturated heterocycles. The number of piperidine rings is 1. The topological polar surface area (TPSA) is 21.7 Å². The molecule has 2 aliphatic rings. The number of hydrogen-bond donors (Lipinski definition) is 0. The molecule has 0 N–H and O–H groups in total. The predicted octanol–water partition coefficient (Wildman–Crippen LogP) is 3.81. The molecular weight excluding hydrogens is 351 g/mol. The summed E-state index contributed by atoms with van der Waals surface area (Å²) in [6.45, 7) is 1.89. The number of rotatable bonds is 1. The third-order valence-electron chi connectivity index (χ3n) is 3.84. The van der Waals surface area contributed by atoms with Crippen LogP contribution in [0.2, 0.25) is 0 Å². The summed E-state index contributed by atoms with van der Waals surface area (Å²) < 4.78 is 51.5. The SMILES string of the molecule is FC(F)(F)c1ccc(Br)cc1N1CCCC2(C1)OCCO2. The maximum atomic E-state index is 13.2. The third kappa shape index (κ3) is 3.05. The molecule has 0 aromatic heterocycles. The summed E-state index contributed by atoms with van der Waals surface area (Å²) >= 11 is 3.25. The van der Waals surface area contributed by atoms with Crippen molar-refractivity contribution in [3.05, 3.63) is 28.2 Å². The predicted molar refractivity (Wildman–Crippen MR) is 75.2 cm³/mol. The molecule has 0 unspecified atom stereocenters. The number of anilines is 1. The van der Waals surface area contributed by atoms with E-state index >= 15 is 0 Å². The van der Waals surface area contributed by atoms with Crippen molar-refractivity contribution >= 4 is 21.6 Å². The fraction of sp³-hybridized carbons (Fsp3) is 0.571. The van der Waals surface area contributed by atoms with Crippen LogP contribution in [0, 0.1) is 0 Å². The van der Waals surface area contributed by atoms with E-state index in [1.807, 2.05) is 0 Å². The molecular formula is C14H15BrF3NO2. The largest absolute Gasteiger partial charge is 0.418 e. The zero-order valence-electron chi connectivity index (χ0n) is 11.3. The lowest BCUT2D eigenvalue weighted by Gasteiger charge is -2.40. The van der Waals surface area contributed by atoms with Crippen molar-refractivity contribution in [1.29, 1.82) is 0 Å². The number of benzene rings is 1. The van der Waals surface area contributed by atoms with E-state index in [1.54, 1.807) is 4.90 Å². The summed E-state index contributed by atoms with van der Waals surface area (Å²) in [6.07, 6.45) is -2.92. The van der Waals surface area contributed by atoms with E-state index in [9.17, 15) is 13.2 Å². The van der Waals surface area contributed by atoms with Crippen LogP contribution in [0.15, 0.2) is 22.7 Å². The van der Waals surface area contributed by atoms with E-state index in [0.717, 1.165) is 18.9 Å². The maximum Gasteiger partial charge on any atom is 0.418 e. The van der Waals surface area contributed by atoms with Crippen LogP contribution in [0.1, 0.15) is 18.4 Å². The van der Waals surface area contributed by atoms with Crippen molar-refractivity contribution in [2.45, 2.75) is 24.8 Å². The van der Waals surface area contributed by atoms with E-state index in [2.05, 4.69) is 15.9 Å². The second-order valence-electron chi connectivity index (χ2n) is 5.29. The lowest BCUT2D eigenvalue weighted by Crippen LogP contribution is -2.49. The van der Waals surface area contributed by atoms with E-state index in [0.29, 0.717) is 30.8 Å². The van der Waals surface area contributed by atoms with Crippen molar-refractivity contribution in [3.8, 4) is 0 Å². The summed E-state index contributed by atoms with van der Waals surface area (Å²) in [6, 6.07) is 4.03. The second kappa shape index (κ2) is 5.44. The van der Waals surface area contributed by atoms with Crippen molar-refractivity contribution in [2.75, 3.05) is 31.2 Å². The van der Waals surface area contributed by atoms with Crippen LogP contribution in [0.25, 0.3) is 0 Å². The highest BCUT2D eigenvalue weighted by Crippen LogP contribution is 2.41. The Bertz CT molecular complexity index is 529. The summed E-state index contributed by atoms with van der Waals surface area (Å²) in [5, 5.41) is 0. The average molecular weight is 366 g/mol. The molecule has 2 aliphatic heterocycles. The molecule has 0 aliphatic carbocycles. The third-order valence-corrected chi connectivity index (χ3v) is 4.33. The minimum Gasteiger partial charge on any atom is -0.366 e. The quantitative estimate of drug-likeness (QED) is 0.755. The highest BCUT2D eigenvalue weighted by Gasteiger charge is 2.43. The van der Waals surface area contributed by atoms with Crippen LogP contribution in [0.5, 0.6) is 0 Å². The molecule has 2 heterocycles. The minimum absolute atomic E-state index is 0.176. The molecule has 3 nitrogen and oxygen atoms in total. The molecule has 21 heavy (non-hydrogen) atoms. The number of ether oxygens (including phenoxy) is 2. The van der Waals surface area contributed by atoms with Gasteiger partial charge in [0.1, 0.15) is 0 Å². The van der Waals surface area contributed by atoms with E-state index in [4.69, 9.17) is 9.47 Å². The number of alkyl halides is 3. The van der Waals surface area contributed by atoms with Crippen LogP contribution in [-0.4, -0.2) is 32.1 Å². The van der Waals surface area contributed by atoms with Crippen molar-refractivity contribution in [3.63, 3.8) is 0 Å². The van der Waals surface area contributed by atoms with Gasteiger partial charge in [-0.1, -0.05) is 15.9 Å². The van der Waals surface area contributed by atoms with Crippen LogP contribution in [-0.2, 0) is 15.7 Å². The van der Waals surface area contributed by atoms with Gasteiger partial charge in [-0.2, -0.15) is 13.2 Å². The molecule has 1 aromatic rings. The zero-order valence-corrected chi connectivity index (χ0v) is 12.8. The first kappa shape index (κ1) is 15.1. The second-order valence-corrected chi connectivity index (χ2v) is 6.21. The smallest absolute Gasteiger partial charge is 0.366 e. The molecule has 3 rings (SSSR count). The van der Waals surface area contributed by atoms with Gasteiger partial charge in [-0.15, -0.1) is 0 Å². The van der Waals surface area contributed by atoms with E-state index < -0.39 is 17.5 Å². The Labute approximate surface area is 129 Å². The summed E-state index contributed by atoms with van der Waals surface area (Å²) in [5.41, 5.74) is -0.448. The lowest BCUT2D eigenvalue weighted by molar-refractivity contribution is -0.161. The van der Waals surface area contributed by atoms with E-state index in [-0.39, 0.29) is 5.69 Å². The summed E-state index contributed by atoms with van der Waals surface area (Å²) in [4.78, 5) is 1.71. The first-order valence-corrected chi connectivity index (χ1v) is 7.59. The van der Waals surface area contributed by atoms with Crippen LogP contribution >= 0.6 is 15.9 Å². The number of hydrogen-bond acceptors (Lipinski definition) is 3. The standard InChI is InChI=1S/C14H15BrF3NO2/c15-10-2-3-11(14(16,17)18)12(8-10)19-5-1-4-13(9-19)20-6-7-21-13/h2-3,8H,1,4-7,9H2. The van der Waals surface area contributed by atoms with Crippen molar-refractivity contribution < 1.29 is 22.6 Å². The van der Waals surface area contributed by atoms with Gasteiger partial charge in [-0.25, -0.2) is 0 Å². The molecule has 116 valence electrons. The van der Waals surface area contributed by atoms with Gasteiger partial charge in [-0.05, 0) is 24.6 Å². The fourth-order valence-electron chi connectivity index (χ4n) is 2.93. The van der Waals surface area contributed by atoms with Crippen molar-refractivity contribution in [1.82, 2.24) is 0 Å². The molecule has 0 radical (unpaired) electrons. The normalized spacial score (nSPS) is 22.0. The molecule has 0 saturated carbocycles. The molecule has 0 amide bonds. The molecule has 0 bridgehead atoms. The monoisotopic (exact) mass is 365 g/mol. The van der Waals surface area contributed by atoms with Crippen LogP contribution < -0.4 is 4.90 Å². The average Bonchev–Trinajstić information content (AvgIpc) is 2.85. The Morgan fingerprint density at radius 2 is 1.90 bits per heavy atom. The summed E-state index contributed by atoms with van der Waals surface area (Å²) in [7, 11) is 0. The number of nitrogens with zero attached hydrogens (tertiary/aromatic N) is 1. The van der Waals surface area contributed by atoms with Gasteiger partial charge in [0.2, 0.25) is 0 Å². The van der Waals surface area contributed by atoms with Crippen LogP contribution in [0.4, 0.5) is 18.9 Å². The highest BCUT2D eigenvalue weighted by atomic mass is 79.9. The lowest BCUT2D eigenvalue weighted by atomic mass is 10.0. The number of halogens is 4. The minimum atomic E-state index is -4.38. The van der Waals surface area contributed by atoms with Gasteiger partial charge < -0.3 is 14.4 Å². The van der Waals surface area contributed by atoms with E-state index in [1.165, 1.54) is 12.1 Å². The van der Waals surface area contributed by atoms with Gasteiger partial charge in [0, 0.05) is 17.4 Å². The Balaban J connectivity index is 1.94. The Morgan fingerprint density at radius 3 is 2.57 bits per heavy atom. The van der Waals surface area contributed by atoms with Gasteiger partial charge >= 0.3 is 6.18 Å². The fourth-order valence-corrected chi connectivity index (χ4v) is 3.28. The molecule has 1 spiro atoms. The van der Waals surface area contributed by atoms with Gasteiger partial charge in [0.15, 0.2) is 5.79 Å². The molecule has 2 fully saturated rings. The van der Waals surface area contributed by atoms with Gasteiger partial charge in [0.25, 0.3) is 0 Å². The maximum absolute atomic E-state index is 13.2. The molecule has 1 aromatic carbocycles. The highest BCUT2D eigenvalue weighted by molar-refractivity contribution is 9.10. The first-order chi connectivity index (χ1) is 9.90.